The maximum Gasteiger partial charge on any atom is 0.120 e. The molecule has 0 spiro atoms. The summed E-state index contributed by atoms with van der Waals surface area (Å²) in [5, 5.41) is 21.6. The predicted molar refractivity (Wildman–Crippen MR) is 78.6 cm³/mol. The number of phenols is 1. The molecular formula is C14H16ClNO2S. The van der Waals surface area contributed by atoms with Crippen LogP contribution in [-0.2, 0) is 13.1 Å². The minimum Gasteiger partial charge on any atom is -0.508 e. The molecule has 0 fully saturated rings. The average molecular weight is 298 g/mol. The normalized spacial score (nSPS) is 11.1. The molecule has 19 heavy (non-hydrogen) atoms. The number of nitrogens with zero attached hydrogens (tertiary/aromatic N) is 1. The molecule has 5 heteroatoms. The van der Waals surface area contributed by atoms with E-state index < -0.39 is 0 Å². The lowest BCUT2D eigenvalue weighted by molar-refractivity contribution is 0.184. The second kappa shape index (κ2) is 6.91. The van der Waals surface area contributed by atoms with Gasteiger partial charge in [-0.1, -0.05) is 17.7 Å². The van der Waals surface area contributed by atoms with E-state index in [-0.39, 0.29) is 12.4 Å². The lowest BCUT2D eigenvalue weighted by Gasteiger charge is -2.21. The van der Waals surface area contributed by atoms with Crippen LogP contribution in [-0.4, -0.2) is 28.3 Å². The van der Waals surface area contributed by atoms with Crippen molar-refractivity contribution in [2.45, 2.75) is 13.1 Å². The van der Waals surface area contributed by atoms with Crippen molar-refractivity contribution in [1.82, 2.24) is 4.90 Å². The highest BCUT2D eigenvalue weighted by molar-refractivity contribution is 7.09. The van der Waals surface area contributed by atoms with Crippen molar-refractivity contribution in [2.75, 3.05) is 13.2 Å². The van der Waals surface area contributed by atoms with Crippen LogP contribution in [0.4, 0.5) is 0 Å². The highest BCUT2D eigenvalue weighted by Gasteiger charge is 2.10. The van der Waals surface area contributed by atoms with Crippen LogP contribution < -0.4 is 0 Å². The molecule has 2 N–H and O–H groups in total. The number of phenolic OH excluding ortho intramolecular Hbond substituents is 1. The summed E-state index contributed by atoms with van der Waals surface area (Å²) >= 11 is 7.63. The van der Waals surface area contributed by atoms with Gasteiger partial charge in [0.1, 0.15) is 5.75 Å². The van der Waals surface area contributed by atoms with E-state index in [1.807, 2.05) is 11.4 Å². The van der Waals surface area contributed by atoms with Crippen LogP contribution in [0.2, 0.25) is 5.02 Å². The van der Waals surface area contributed by atoms with Crippen LogP contribution in [0.25, 0.3) is 0 Å². The highest BCUT2D eigenvalue weighted by Crippen LogP contribution is 2.24. The third kappa shape index (κ3) is 4.21. The van der Waals surface area contributed by atoms with Gasteiger partial charge in [0.2, 0.25) is 0 Å². The molecule has 0 amide bonds. The molecule has 102 valence electrons. The summed E-state index contributed by atoms with van der Waals surface area (Å²) in [5.74, 6) is 0.235. The van der Waals surface area contributed by atoms with E-state index in [1.54, 1.807) is 29.5 Å². The first-order chi connectivity index (χ1) is 9.19. The zero-order valence-electron chi connectivity index (χ0n) is 10.4. The van der Waals surface area contributed by atoms with E-state index in [9.17, 15) is 5.11 Å². The van der Waals surface area contributed by atoms with E-state index in [4.69, 9.17) is 16.7 Å². The van der Waals surface area contributed by atoms with Crippen LogP contribution >= 0.6 is 22.9 Å². The SMILES string of the molecule is OCCN(Cc1cccs1)Cc1cc(Cl)ccc1O. The predicted octanol–water partition coefficient (Wildman–Crippen LogP) is 3.10. The van der Waals surface area contributed by atoms with E-state index in [1.165, 1.54) is 4.88 Å². The molecule has 3 nitrogen and oxygen atoms in total. The van der Waals surface area contributed by atoms with Gasteiger partial charge in [-0.25, -0.2) is 0 Å². The third-order valence-electron chi connectivity index (χ3n) is 2.81. The monoisotopic (exact) mass is 297 g/mol. The standard InChI is InChI=1S/C14H16ClNO2S/c15-12-3-4-14(18)11(8-12)9-16(5-6-17)10-13-2-1-7-19-13/h1-4,7-8,17-18H,5-6,9-10H2. The molecule has 0 aliphatic carbocycles. The van der Waals surface area contributed by atoms with Crippen LogP contribution in [0.1, 0.15) is 10.4 Å². The molecule has 2 rings (SSSR count). The summed E-state index contributed by atoms with van der Waals surface area (Å²) in [6.07, 6.45) is 0. The summed E-state index contributed by atoms with van der Waals surface area (Å²) in [7, 11) is 0. The van der Waals surface area contributed by atoms with Gasteiger partial charge in [-0.05, 0) is 29.6 Å². The summed E-state index contributed by atoms with van der Waals surface area (Å²) < 4.78 is 0. The maximum absolute atomic E-state index is 9.83. The van der Waals surface area contributed by atoms with Gasteiger partial charge in [0.25, 0.3) is 0 Å². The van der Waals surface area contributed by atoms with Crippen LogP contribution in [0.5, 0.6) is 5.75 Å². The molecule has 1 aromatic carbocycles. The van der Waals surface area contributed by atoms with E-state index in [0.29, 0.717) is 18.1 Å². The van der Waals surface area contributed by atoms with Crippen LogP contribution in [0, 0.1) is 0 Å². The van der Waals surface area contributed by atoms with Crippen molar-refractivity contribution in [3.05, 3.63) is 51.2 Å². The molecule has 0 saturated carbocycles. The van der Waals surface area contributed by atoms with Gasteiger partial charge in [-0.15, -0.1) is 11.3 Å². The topological polar surface area (TPSA) is 43.7 Å². The first kappa shape index (κ1) is 14.3. The second-order valence-corrected chi connectivity index (χ2v) is 5.76. The first-order valence-corrected chi connectivity index (χ1v) is 7.28. The van der Waals surface area contributed by atoms with Gasteiger partial charge in [-0.3, -0.25) is 4.90 Å². The number of aliphatic hydroxyl groups is 1. The average Bonchev–Trinajstić information content (AvgIpc) is 2.87. The van der Waals surface area contributed by atoms with Crippen molar-refractivity contribution in [3.8, 4) is 5.75 Å². The minimum absolute atomic E-state index is 0.0900. The number of rotatable bonds is 6. The van der Waals surface area contributed by atoms with Crippen LogP contribution in [0.3, 0.4) is 0 Å². The smallest absolute Gasteiger partial charge is 0.120 e. The molecule has 0 saturated heterocycles. The largest absolute Gasteiger partial charge is 0.508 e. The number of aromatic hydroxyl groups is 1. The first-order valence-electron chi connectivity index (χ1n) is 6.02. The lowest BCUT2D eigenvalue weighted by atomic mass is 10.2. The van der Waals surface area contributed by atoms with Gasteiger partial charge in [0.15, 0.2) is 0 Å². The molecule has 1 aromatic heterocycles. The zero-order valence-corrected chi connectivity index (χ0v) is 12.0. The highest BCUT2D eigenvalue weighted by atomic mass is 35.5. The Morgan fingerprint density at radius 2 is 2.05 bits per heavy atom. The van der Waals surface area contributed by atoms with E-state index >= 15 is 0 Å². The fourth-order valence-electron chi connectivity index (χ4n) is 1.90. The lowest BCUT2D eigenvalue weighted by Crippen LogP contribution is -2.25. The fourth-order valence-corrected chi connectivity index (χ4v) is 2.84. The minimum atomic E-state index is 0.0900. The number of hydrogen-bond acceptors (Lipinski definition) is 4. The van der Waals surface area contributed by atoms with Crippen molar-refractivity contribution >= 4 is 22.9 Å². The number of halogens is 1. The summed E-state index contributed by atoms with van der Waals surface area (Å²) in [4.78, 5) is 3.31. The van der Waals surface area contributed by atoms with Gasteiger partial charge in [0, 0.05) is 35.1 Å². The fraction of sp³-hybridized carbons (Fsp3) is 0.286. The van der Waals surface area contributed by atoms with Gasteiger partial charge < -0.3 is 10.2 Å². The number of hydrogen-bond donors (Lipinski definition) is 2. The van der Waals surface area contributed by atoms with E-state index in [0.717, 1.165) is 12.1 Å². The van der Waals surface area contributed by atoms with Gasteiger partial charge in [-0.2, -0.15) is 0 Å². The Hall–Kier alpha value is -1.07. The number of aliphatic hydroxyl groups excluding tert-OH is 1. The quantitative estimate of drug-likeness (QED) is 0.861. The Morgan fingerprint density at radius 3 is 2.74 bits per heavy atom. The molecule has 0 unspecified atom stereocenters. The molecule has 0 atom stereocenters. The molecule has 0 radical (unpaired) electrons. The Balaban J connectivity index is 2.09. The Kier molecular flexibility index (Phi) is 5.22. The second-order valence-electron chi connectivity index (χ2n) is 4.29. The Morgan fingerprint density at radius 1 is 1.21 bits per heavy atom. The van der Waals surface area contributed by atoms with Crippen molar-refractivity contribution in [2.24, 2.45) is 0 Å². The molecule has 2 aromatic rings. The Bertz CT molecular complexity index is 516. The van der Waals surface area contributed by atoms with Gasteiger partial charge >= 0.3 is 0 Å². The molecule has 0 bridgehead atoms. The molecule has 0 aliphatic rings. The summed E-state index contributed by atoms with van der Waals surface area (Å²) in [6, 6.07) is 9.09. The molecular weight excluding hydrogens is 282 g/mol. The third-order valence-corrected chi connectivity index (χ3v) is 3.91. The van der Waals surface area contributed by atoms with Gasteiger partial charge in [0.05, 0.1) is 6.61 Å². The summed E-state index contributed by atoms with van der Waals surface area (Å²) in [5.41, 5.74) is 0.775. The molecule has 1 heterocycles. The van der Waals surface area contributed by atoms with Crippen molar-refractivity contribution in [1.29, 1.82) is 0 Å². The number of benzene rings is 1. The van der Waals surface area contributed by atoms with E-state index in [2.05, 4.69) is 11.0 Å². The zero-order chi connectivity index (χ0) is 13.7. The maximum atomic E-state index is 9.83. The van der Waals surface area contributed by atoms with Crippen molar-refractivity contribution in [3.63, 3.8) is 0 Å². The number of thiophene rings is 1. The van der Waals surface area contributed by atoms with Crippen LogP contribution in [0.15, 0.2) is 35.7 Å². The molecule has 0 aliphatic heterocycles. The Labute approximate surface area is 121 Å². The summed E-state index contributed by atoms with van der Waals surface area (Å²) in [6.45, 7) is 1.96. The van der Waals surface area contributed by atoms with Crippen molar-refractivity contribution < 1.29 is 10.2 Å².